The first-order valence-electron chi connectivity index (χ1n) is 5.68. The fourth-order valence-corrected chi connectivity index (χ4v) is 1.54. The smallest absolute Gasteiger partial charge is 0.169 e. The van der Waals surface area contributed by atoms with E-state index in [1.54, 1.807) is 13.0 Å². The molecule has 0 saturated carbocycles. The number of hydrogen-bond donors (Lipinski definition) is 1. The van der Waals surface area contributed by atoms with Crippen LogP contribution in [0.3, 0.4) is 0 Å². The number of carbonyl (C=O) groups is 1. The number of ketones is 1. The second-order valence-corrected chi connectivity index (χ2v) is 3.92. The third kappa shape index (κ3) is 3.53. The molecule has 0 aliphatic heterocycles. The molecule has 17 heavy (non-hydrogen) atoms. The molecule has 1 N–H and O–H groups in total. The van der Waals surface area contributed by atoms with Crippen molar-refractivity contribution in [2.24, 2.45) is 5.92 Å². The average Bonchev–Trinajstić information content (AvgIpc) is 2.34. The van der Waals surface area contributed by atoms with Gasteiger partial charge < -0.3 is 10.1 Å². The third-order valence-electron chi connectivity index (χ3n) is 2.59. The van der Waals surface area contributed by atoms with Gasteiger partial charge in [0.2, 0.25) is 0 Å². The predicted octanol–water partition coefficient (Wildman–Crippen LogP) is 2.26. The lowest BCUT2D eigenvalue weighted by atomic mass is 9.99. The summed E-state index contributed by atoms with van der Waals surface area (Å²) in [5.41, 5.74) is 0.121. The topological polar surface area (TPSA) is 38.3 Å². The molecule has 0 fully saturated rings. The van der Waals surface area contributed by atoms with Gasteiger partial charge in [0.25, 0.3) is 0 Å². The zero-order chi connectivity index (χ0) is 12.8. The Morgan fingerprint density at radius 1 is 1.53 bits per heavy atom. The Hall–Kier alpha value is -1.42. The summed E-state index contributed by atoms with van der Waals surface area (Å²) in [6.45, 7) is 5.10. The summed E-state index contributed by atoms with van der Waals surface area (Å²) in [5.74, 6) is -0.542. The Morgan fingerprint density at radius 2 is 2.24 bits per heavy atom. The summed E-state index contributed by atoms with van der Waals surface area (Å²) < 4.78 is 18.5. The molecule has 0 aliphatic carbocycles. The number of carbonyl (C=O) groups excluding carboxylic acids is 1. The van der Waals surface area contributed by atoms with E-state index in [2.05, 4.69) is 5.32 Å². The normalized spacial score (nSPS) is 12.2. The second-order valence-electron chi connectivity index (χ2n) is 3.92. The maximum absolute atomic E-state index is 13.6. The number of rotatable bonds is 6. The lowest BCUT2D eigenvalue weighted by Gasteiger charge is -2.11. The van der Waals surface area contributed by atoms with Crippen molar-refractivity contribution in [2.45, 2.75) is 13.8 Å². The van der Waals surface area contributed by atoms with Crippen LogP contribution in [0, 0.1) is 11.7 Å². The molecule has 0 bridgehead atoms. The van der Waals surface area contributed by atoms with Gasteiger partial charge >= 0.3 is 0 Å². The number of hydrogen-bond acceptors (Lipinski definition) is 3. The van der Waals surface area contributed by atoms with E-state index in [0.717, 1.165) is 6.54 Å². The van der Waals surface area contributed by atoms with Crippen molar-refractivity contribution in [1.82, 2.24) is 5.32 Å². The minimum atomic E-state index is -0.530. The van der Waals surface area contributed by atoms with Gasteiger partial charge in [-0.1, -0.05) is 13.8 Å². The van der Waals surface area contributed by atoms with E-state index in [0.29, 0.717) is 12.3 Å². The van der Waals surface area contributed by atoms with Crippen LogP contribution >= 0.6 is 0 Å². The van der Waals surface area contributed by atoms with Crippen molar-refractivity contribution in [3.63, 3.8) is 0 Å². The first-order chi connectivity index (χ1) is 8.10. The zero-order valence-corrected chi connectivity index (χ0v) is 10.4. The van der Waals surface area contributed by atoms with Crippen molar-refractivity contribution in [3.05, 3.63) is 29.6 Å². The molecule has 0 spiro atoms. The van der Waals surface area contributed by atoms with Crippen LogP contribution in [0.15, 0.2) is 18.2 Å². The van der Waals surface area contributed by atoms with Gasteiger partial charge in [0.15, 0.2) is 5.78 Å². The van der Waals surface area contributed by atoms with Crippen LogP contribution in [-0.2, 0) is 0 Å². The minimum Gasteiger partial charge on any atom is -0.497 e. The first-order valence-corrected chi connectivity index (χ1v) is 5.68. The van der Waals surface area contributed by atoms with Crippen molar-refractivity contribution < 1.29 is 13.9 Å². The van der Waals surface area contributed by atoms with Crippen LogP contribution in [0.25, 0.3) is 0 Å². The maximum Gasteiger partial charge on any atom is 0.169 e. The predicted molar refractivity (Wildman–Crippen MR) is 65.0 cm³/mol. The summed E-state index contributed by atoms with van der Waals surface area (Å²) in [5, 5.41) is 3.07. The summed E-state index contributed by atoms with van der Waals surface area (Å²) in [7, 11) is 1.46. The van der Waals surface area contributed by atoms with Crippen LogP contribution in [0.5, 0.6) is 5.75 Å². The zero-order valence-electron chi connectivity index (χ0n) is 10.4. The Labute approximate surface area is 101 Å². The largest absolute Gasteiger partial charge is 0.497 e. The van der Waals surface area contributed by atoms with Gasteiger partial charge in [0.05, 0.1) is 12.7 Å². The van der Waals surface area contributed by atoms with E-state index in [4.69, 9.17) is 4.74 Å². The third-order valence-corrected chi connectivity index (χ3v) is 2.59. The Morgan fingerprint density at radius 3 is 2.76 bits per heavy atom. The highest BCUT2D eigenvalue weighted by Crippen LogP contribution is 2.18. The molecule has 3 nitrogen and oxygen atoms in total. The molecular formula is C13H18FNO2. The molecule has 1 unspecified atom stereocenters. The van der Waals surface area contributed by atoms with Crippen molar-refractivity contribution in [1.29, 1.82) is 0 Å². The Balaban J connectivity index is 2.81. The number of halogens is 1. The van der Waals surface area contributed by atoms with Gasteiger partial charge in [-0.05, 0) is 18.7 Å². The van der Waals surface area contributed by atoms with Gasteiger partial charge in [0.1, 0.15) is 11.6 Å². The number of methoxy groups -OCH3 is 1. The number of Topliss-reactive ketones (excluding diaryl/α,β-unsaturated/α-hetero) is 1. The molecule has 1 aromatic rings. The standard InChI is InChI=1S/C13H18FNO2/c1-4-15-8-9(2)13(16)11-6-5-10(17-3)7-12(11)14/h5-7,9,15H,4,8H2,1-3H3. The average molecular weight is 239 g/mol. The molecule has 1 aromatic carbocycles. The molecule has 1 atom stereocenters. The molecule has 0 aliphatic rings. The van der Waals surface area contributed by atoms with E-state index in [1.807, 2.05) is 6.92 Å². The van der Waals surface area contributed by atoms with Crippen molar-refractivity contribution in [3.8, 4) is 5.75 Å². The summed E-state index contributed by atoms with van der Waals surface area (Å²) >= 11 is 0. The van der Waals surface area contributed by atoms with Gasteiger partial charge in [0, 0.05) is 18.5 Å². The highest BCUT2D eigenvalue weighted by atomic mass is 19.1. The molecular weight excluding hydrogens is 221 g/mol. The van der Waals surface area contributed by atoms with E-state index in [1.165, 1.54) is 19.2 Å². The molecule has 0 aromatic heterocycles. The molecule has 0 saturated heterocycles. The van der Waals surface area contributed by atoms with E-state index < -0.39 is 5.82 Å². The van der Waals surface area contributed by atoms with Crippen molar-refractivity contribution >= 4 is 5.78 Å². The fraction of sp³-hybridized carbons (Fsp3) is 0.462. The first kappa shape index (κ1) is 13.6. The number of benzene rings is 1. The van der Waals surface area contributed by atoms with Crippen molar-refractivity contribution in [2.75, 3.05) is 20.2 Å². The molecule has 4 heteroatoms. The summed E-state index contributed by atoms with van der Waals surface area (Å²) in [4.78, 5) is 12.0. The minimum absolute atomic E-state index is 0.121. The van der Waals surface area contributed by atoms with Crippen LogP contribution < -0.4 is 10.1 Å². The maximum atomic E-state index is 13.6. The molecule has 1 rings (SSSR count). The molecule has 0 heterocycles. The Kier molecular flexibility index (Phi) is 5.10. The van der Waals surface area contributed by atoms with Crippen LogP contribution in [0.2, 0.25) is 0 Å². The Bertz CT molecular complexity index is 393. The number of nitrogens with one attached hydrogen (secondary N) is 1. The highest BCUT2D eigenvalue weighted by Gasteiger charge is 2.18. The molecule has 0 radical (unpaired) electrons. The van der Waals surface area contributed by atoms with Gasteiger partial charge in [-0.2, -0.15) is 0 Å². The number of ether oxygens (including phenoxy) is 1. The van der Waals surface area contributed by atoms with Crippen LogP contribution in [-0.4, -0.2) is 26.0 Å². The fourth-order valence-electron chi connectivity index (χ4n) is 1.54. The highest BCUT2D eigenvalue weighted by molar-refractivity contribution is 5.98. The van der Waals surface area contributed by atoms with E-state index in [9.17, 15) is 9.18 Å². The van der Waals surface area contributed by atoms with Gasteiger partial charge in [-0.3, -0.25) is 4.79 Å². The SMILES string of the molecule is CCNCC(C)C(=O)c1ccc(OC)cc1F. The lowest BCUT2D eigenvalue weighted by molar-refractivity contribution is 0.0925. The molecule has 0 amide bonds. The quantitative estimate of drug-likeness (QED) is 0.774. The second kappa shape index (κ2) is 6.35. The van der Waals surface area contributed by atoms with E-state index in [-0.39, 0.29) is 17.3 Å². The summed E-state index contributed by atoms with van der Waals surface area (Å²) in [6.07, 6.45) is 0. The van der Waals surface area contributed by atoms with Gasteiger partial charge in [-0.25, -0.2) is 4.39 Å². The molecule has 94 valence electrons. The lowest BCUT2D eigenvalue weighted by Crippen LogP contribution is -2.26. The monoisotopic (exact) mass is 239 g/mol. The van der Waals surface area contributed by atoms with Gasteiger partial charge in [-0.15, -0.1) is 0 Å². The van der Waals surface area contributed by atoms with Crippen LogP contribution in [0.4, 0.5) is 4.39 Å². The van der Waals surface area contributed by atoms with Crippen LogP contribution in [0.1, 0.15) is 24.2 Å². The summed E-state index contributed by atoms with van der Waals surface area (Å²) in [6, 6.07) is 4.29. The van der Waals surface area contributed by atoms with E-state index >= 15 is 0 Å².